The smallest absolute Gasteiger partial charge is 0.387 e. The zero-order valence-corrected chi connectivity index (χ0v) is 18.3. The van der Waals surface area contributed by atoms with Gasteiger partial charge in [0.2, 0.25) is 0 Å². The number of carbonyl (C=O) groups is 1. The van der Waals surface area contributed by atoms with Crippen LogP contribution in [0.2, 0.25) is 0 Å². The van der Waals surface area contributed by atoms with Crippen molar-refractivity contribution in [2.45, 2.75) is 25.0 Å². The lowest BCUT2D eigenvalue weighted by Gasteiger charge is -2.18. The zero-order valence-electron chi connectivity index (χ0n) is 17.5. The summed E-state index contributed by atoms with van der Waals surface area (Å²) in [4.78, 5) is 14.2. The lowest BCUT2D eigenvalue weighted by Crippen LogP contribution is -2.26. The minimum Gasteiger partial charge on any atom is -0.435 e. The molecule has 1 N–H and O–H groups in total. The summed E-state index contributed by atoms with van der Waals surface area (Å²) in [7, 11) is -2.31. The number of hydrogen-bond acceptors (Lipinski definition) is 4. The van der Waals surface area contributed by atoms with E-state index in [0.29, 0.717) is 11.3 Å². The molecule has 0 bridgehead atoms. The molecule has 9 heteroatoms. The largest absolute Gasteiger partial charge is 0.435 e. The normalized spacial score (nSPS) is 11.3. The lowest BCUT2D eigenvalue weighted by atomic mass is 10.1. The van der Waals surface area contributed by atoms with Gasteiger partial charge in [-0.05, 0) is 55.0 Å². The number of rotatable bonds is 8. The fourth-order valence-corrected chi connectivity index (χ4v) is 4.08. The Morgan fingerprint density at radius 2 is 1.69 bits per heavy atom. The number of anilines is 1. The van der Waals surface area contributed by atoms with Gasteiger partial charge in [0.15, 0.2) is 0 Å². The molecule has 0 spiro atoms. The van der Waals surface area contributed by atoms with Crippen molar-refractivity contribution >= 4 is 21.6 Å². The fourth-order valence-electron chi connectivity index (χ4n) is 2.97. The molecule has 3 aromatic rings. The van der Waals surface area contributed by atoms with Gasteiger partial charge in [0, 0.05) is 24.8 Å². The second-order valence-corrected chi connectivity index (χ2v) is 8.87. The molecule has 0 aliphatic carbocycles. The first kappa shape index (κ1) is 23.2. The standard InChI is InChI=1S/C23H22F2N2O4S/c1-16-6-10-19(11-7-16)26-32(29,30)21-5-3-4-18(14-21)22(28)27(2)15-17-8-12-20(13-9-17)31-23(24)25/h3-14,23,26H,15H2,1-2H3. The Morgan fingerprint density at radius 1 is 1.03 bits per heavy atom. The van der Waals surface area contributed by atoms with Gasteiger partial charge in [0.05, 0.1) is 4.90 Å². The number of alkyl halides is 2. The van der Waals surface area contributed by atoms with Gasteiger partial charge in [-0.2, -0.15) is 8.78 Å². The maximum atomic E-state index is 12.8. The van der Waals surface area contributed by atoms with Crippen LogP contribution in [0.1, 0.15) is 21.5 Å². The molecule has 32 heavy (non-hydrogen) atoms. The van der Waals surface area contributed by atoms with Crippen molar-refractivity contribution in [3.63, 3.8) is 0 Å². The Bertz CT molecular complexity index is 1180. The van der Waals surface area contributed by atoms with Crippen LogP contribution in [0.5, 0.6) is 5.75 Å². The fraction of sp³-hybridized carbons (Fsp3) is 0.174. The van der Waals surface area contributed by atoms with Crippen molar-refractivity contribution in [1.29, 1.82) is 0 Å². The molecule has 0 heterocycles. The summed E-state index contributed by atoms with van der Waals surface area (Å²) >= 11 is 0. The van der Waals surface area contributed by atoms with Crippen molar-refractivity contribution in [3.8, 4) is 5.75 Å². The molecule has 168 valence electrons. The zero-order chi connectivity index (χ0) is 23.3. The first-order chi connectivity index (χ1) is 15.1. The first-order valence-electron chi connectivity index (χ1n) is 9.63. The van der Waals surface area contributed by atoms with Crippen molar-refractivity contribution in [2.24, 2.45) is 0 Å². The summed E-state index contributed by atoms with van der Waals surface area (Å²) in [6.45, 7) is -0.809. The minimum absolute atomic E-state index is 0.0247. The Labute approximate surface area is 185 Å². The third kappa shape index (κ3) is 6.04. The highest BCUT2D eigenvalue weighted by atomic mass is 32.2. The van der Waals surface area contributed by atoms with Crippen molar-refractivity contribution < 1.29 is 26.7 Å². The number of nitrogens with one attached hydrogen (secondary N) is 1. The van der Waals surface area contributed by atoms with Crippen molar-refractivity contribution in [1.82, 2.24) is 4.90 Å². The Morgan fingerprint density at radius 3 is 2.31 bits per heavy atom. The quantitative estimate of drug-likeness (QED) is 0.530. The molecule has 3 rings (SSSR count). The maximum absolute atomic E-state index is 12.8. The summed E-state index contributed by atoms with van der Waals surface area (Å²) in [5, 5.41) is 0. The van der Waals surface area contributed by atoms with Crippen LogP contribution in [-0.2, 0) is 16.6 Å². The number of aryl methyl sites for hydroxylation is 1. The molecule has 0 saturated carbocycles. The van der Waals surface area contributed by atoms with Gasteiger partial charge >= 0.3 is 6.61 Å². The first-order valence-corrected chi connectivity index (χ1v) is 11.1. The monoisotopic (exact) mass is 460 g/mol. The molecular formula is C23H22F2N2O4S. The van der Waals surface area contributed by atoms with E-state index in [1.54, 1.807) is 43.4 Å². The lowest BCUT2D eigenvalue weighted by molar-refractivity contribution is -0.0498. The van der Waals surface area contributed by atoms with Crippen molar-refractivity contribution in [3.05, 3.63) is 89.5 Å². The molecule has 6 nitrogen and oxygen atoms in total. The van der Waals surface area contributed by atoms with E-state index in [2.05, 4.69) is 9.46 Å². The average molecular weight is 461 g/mol. The van der Waals surface area contributed by atoms with Gasteiger partial charge in [-0.25, -0.2) is 8.42 Å². The summed E-state index contributed by atoms with van der Waals surface area (Å²) in [5.74, 6) is -0.359. The Kier molecular flexibility index (Phi) is 7.09. The molecule has 1 amide bonds. The second kappa shape index (κ2) is 9.78. The van der Waals surface area contributed by atoms with Gasteiger partial charge in [-0.3, -0.25) is 9.52 Å². The van der Waals surface area contributed by atoms with E-state index in [-0.39, 0.29) is 28.7 Å². The highest BCUT2D eigenvalue weighted by molar-refractivity contribution is 7.92. The highest BCUT2D eigenvalue weighted by Gasteiger charge is 2.18. The van der Waals surface area contributed by atoms with Crippen LogP contribution in [-0.4, -0.2) is 32.9 Å². The van der Waals surface area contributed by atoms with Crippen LogP contribution in [0.15, 0.2) is 77.7 Å². The average Bonchev–Trinajstić information content (AvgIpc) is 2.76. The molecular weight excluding hydrogens is 438 g/mol. The van der Waals surface area contributed by atoms with E-state index in [1.807, 2.05) is 6.92 Å². The van der Waals surface area contributed by atoms with Gasteiger partial charge in [-0.15, -0.1) is 0 Å². The number of halogens is 2. The minimum atomic E-state index is -3.88. The SMILES string of the molecule is Cc1ccc(NS(=O)(=O)c2cccc(C(=O)N(C)Cc3ccc(OC(F)F)cc3)c2)cc1. The van der Waals surface area contributed by atoms with Crippen LogP contribution in [0.4, 0.5) is 14.5 Å². The van der Waals surface area contributed by atoms with Gasteiger partial charge in [0.1, 0.15) is 5.75 Å². The highest BCUT2D eigenvalue weighted by Crippen LogP contribution is 2.20. The Hall–Kier alpha value is -3.46. The van der Waals surface area contributed by atoms with E-state index in [0.717, 1.165) is 5.56 Å². The molecule has 0 unspecified atom stereocenters. The van der Waals surface area contributed by atoms with Crippen LogP contribution < -0.4 is 9.46 Å². The molecule has 0 aromatic heterocycles. The van der Waals surface area contributed by atoms with Gasteiger partial charge in [0.25, 0.3) is 15.9 Å². The van der Waals surface area contributed by atoms with E-state index >= 15 is 0 Å². The number of amides is 1. The number of ether oxygens (including phenoxy) is 1. The van der Waals surface area contributed by atoms with Crippen molar-refractivity contribution in [2.75, 3.05) is 11.8 Å². The molecule has 0 aliphatic heterocycles. The third-order valence-corrected chi connectivity index (χ3v) is 5.99. The molecule has 3 aromatic carbocycles. The van der Waals surface area contributed by atoms with Crippen LogP contribution in [0, 0.1) is 6.92 Å². The number of benzene rings is 3. The molecule has 0 atom stereocenters. The molecule has 0 aliphatic rings. The molecule has 0 saturated heterocycles. The van der Waals surface area contributed by atoms with Gasteiger partial charge < -0.3 is 9.64 Å². The third-order valence-electron chi connectivity index (χ3n) is 4.61. The Balaban J connectivity index is 1.71. The summed E-state index contributed by atoms with van der Waals surface area (Å²) in [5.41, 5.74) is 2.33. The predicted octanol–water partition coefficient (Wildman–Crippen LogP) is 4.67. The predicted molar refractivity (Wildman–Crippen MR) is 117 cm³/mol. The molecule has 0 radical (unpaired) electrons. The van der Waals surface area contributed by atoms with Gasteiger partial charge in [-0.1, -0.05) is 35.9 Å². The van der Waals surface area contributed by atoms with Crippen LogP contribution in [0.3, 0.4) is 0 Å². The second-order valence-electron chi connectivity index (χ2n) is 7.18. The number of hydrogen-bond donors (Lipinski definition) is 1. The number of carbonyl (C=O) groups excluding carboxylic acids is 1. The molecule has 0 fully saturated rings. The summed E-state index contributed by atoms with van der Waals surface area (Å²) in [6, 6.07) is 18.6. The number of nitrogens with zero attached hydrogens (tertiary/aromatic N) is 1. The topological polar surface area (TPSA) is 75.7 Å². The summed E-state index contributed by atoms with van der Waals surface area (Å²) < 4.78 is 56.8. The van der Waals surface area contributed by atoms with Crippen LogP contribution in [0.25, 0.3) is 0 Å². The summed E-state index contributed by atoms with van der Waals surface area (Å²) in [6.07, 6.45) is 0. The van der Waals surface area contributed by atoms with E-state index in [1.165, 1.54) is 41.3 Å². The van der Waals surface area contributed by atoms with E-state index < -0.39 is 16.6 Å². The maximum Gasteiger partial charge on any atom is 0.387 e. The van der Waals surface area contributed by atoms with E-state index in [4.69, 9.17) is 0 Å². The van der Waals surface area contributed by atoms with E-state index in [9.17, 15) is 22.0 Å². The van der Waals surface area contributed by atoms with Crippen LogP contribution >= 0.6 is 0 Å². The number of sulfonamides is 1.